The number of carbonyl (C=O) groups is 1. The van der Waals surface area contributed by atoms with Crippen LogP contribution < -0.4 is 0 Å². The maximum Gasteiger partial charge on any atom is 0.248 e. The van der Waals surface area contributed by atoms with Crippen molar-refractivity contribution >= 4 is 21.7 Å². The number of halogens is 1. The second kappa shape index (κ2) is 6.35. The van der Waals surface area contributed by atoms with Gasteiger partial charge in [0.2, 0.25) is 5.79 Å². The number of rotatable bonds is 5. The number of benzene rings is 1. The first kappa shape index (κ1) is 15.0. The first-order valence-electron chi connectivity index (χ1n) is 6.02. The van der Waals surface area contributed by atoms with E-state index in [1.165, 1.54) is 26.4 Å². The summed E-state index contributed by atoms with van der Waals surface area (Å²) in [7, 11) is 2.99. The second-order valence-electron chi connectivity index (χ2n) is 4.24. The maximum absolute atomic E-state index is 11.4. The van der Waals surface area contributed by atoms with E-state index in [2.05, 4.69) is 15.9 Å². The molecule has 106 valence electrons. The van der Waals surface area contributed by atoms with E-state index in [9.17, 15) is 4.79 Å². The van der Waals surface area contributed by atoms with Crippen molar-refractivity contribution in [1.29, 1.82) is 0 Å². The van der Waals surface area contributed by atoms with Crippen LogP contribution in [0.3, 0.4) is 0 Å². The summed E-state index contributed by atoms with van der Waals surface area (Å²) in [6, 6.07) is 7.76. The molecule has 2 rings (SSSR count). The topological polar surface area (TPSA) is 44.8 Å². The summed E-state index contributed by atoms with van der Waals surface area (Å²) in [5.41, 5.74) is 0.991. The van der Waals surface area contributed by atoms with Crippen molar-refractivity contribution in [2.24, 2.45) is 0 Å². The third-order valence-corrected chi connectivity index (χ3v) is 3.50. The molecule has 0 fully saturated rings. The highest BCUT2D eigenvalue weighted by molar-refractivity contribution is 9.10. The average molecular weight is 339 g/mol. The van der Waals surface area contributed by atoms with E-state index in [-0.39, 0.29) is 5.78 Å². The molecule has 0 radical (unpaired) electrons. The molecule has 1 aliphatic rings. The third-order valence-electron chi connectivity index (χ3n) is 2.97. The van der Waals surface area contributed by atoms with Crippen LogP contribution in [0.2, 0.25) is 0 Å². The van der Waals surface area contributed by atoms with Gasteiger partial charge in [0.1, 0.15) is 0 Å². The minimum atomic E-state index is -1.16. The fraction of sp³-hybridized carbons (Fsp3) is 0.267. The molecule has 4 nitrogen and oxygen atoms in total. The van der Waals surface area contributed by atoms with Crippen molar-refractivity contribution in [3.63, 3.8) is 0 Å². The van der Waals surface area contributed by atoms with Crippen LogP contribution >= 0.6 is 15.9 Å². The molecule has 0 amide bonds. The molecule has 20 heavy (non-hydrogen) atoms. The lowest BCUT2D eigenvalue weighted by Crippen LogP contribution is -2.38. The molecule has 0 saturated heterocycles. The zero-order valence-electron chi connectivity index (χ0n) is 11.3. The molecule has 1 aromatic carbocycles. The maximum atomic E-state index is 11.4. The molecule has 1 aliphatic carbocycles. The van der Waals surface area contributed by atoms with Crippen LogP contribution in [0.25, 0.3) is 0 Å². The van der Waals surface area contributed by atoms with Gasteiger partial charge in [-0.15, -0.1) is 0 Å². The third kappa shape index (κ3) is 3.17. The lowest BCUT2D eigenvalue weighted by Gasteiger charge is -2.32. The summed E-state index contributed by atoms with van der Waals surface area (Å²) in [5.74, 6) is -0.971. The second-order valence-corrected chi connectivity index (χ2v) is 5.15. The highest BCUT2D eigenvalue weighted by Gasteiger charge is 2.37. The highest BCUT2D eigenvalue weighted by Crippen LogP contribution is 2.29. The van der Waals surface area contributed by atoms with Crippen LogP contribution in [0, 0.1) is 0 Å². The van der Waals surface area contributed by atoms with E-state index in [1.807, 2.05) is 24.3 Å². The minimum absolute atomic E-state index is 0.151. The molecular weight excluding hydrogens is 324 g/mol. The summed E-state index contributed by atoms with van der Waals surface area (Å²) < 4.78 is 17.5. The monoisotopic (exact) mass is 338 g/mol. The Kier molecular flexibility index (Phi) is 4.75. The van der Waals surface area contributed by atoms with Gasteiger partial charge in [0.25, 0.3) is 0 Å². The number of hydrogen-bond donors (Lipinski definition) is 0. The van der Waals surface area contributed by atoms with E-state index in [0.717, 1.165) is 10.0 Å². The van der Waals surface area contributed by atoms with Gasteiger partial charge in [-0.05, 0) is 29.8 Å². The molecule has 1 atom stereocenters. The van der Waals surface area contributed by atoms with Gasteiger partial charge in [0, 0.05) is 17.7 Å². The van der Waals surface area contributed by atoms with Crippen LogP contribution in [0.4, 0.5) is 0 Å². The number of allylic oxidation sites excluding steroid dienone is 2. The van der Waals surface area contributed by atoms with Crippen molar-refractivity contribution < 1.29 is 19.0 Å². The van der Waals surface area contributed by atoms with Gasteiger partial charge in [-0.25, -0.2) is 0 Å². The molecule has 0 saturated carbocycles. The predicted octanol–water partition coefficient (Wildman–Crippen LogP) is 2.98. The summed E-state index contributed by atoms with van der Waals surface area (Å²) >= 11 is 3.38. The van der Waals surface area contributed by atoms with Gasteiger partial charge in [0.15, 0.2) is 11.5 Å². The van der Waals surface area contributed by atoms with Crippen LogP contribution in [0.15, 0.2) is 52.7 Å². The Hall–Kier alpha value is -1.43. The van der Waals surface area contributed by atoms with Crippen LogP contribution in [0.1, 0.15) is 5.56 Å². The number of hydrogen-bond acceptors (Lipinski definition) is 4. The van der Waals surface area contributed by atoms with Gasteiger partial charge in [-0.1, -0.05) is 28.1 Å². The molecule has 0 aliphatic heterocycles. The molecule has 0 heterocycles. The van der Waals surface area contributed by atoms with Gasteiger partial charge in [-0.3, -0.25) is 4.79 Å². The molecular formula is C15H15BrO4. The van der Waals surface area contributed by atoms with E-state index in [0.29, 0.717) is 12.4 Å². The summed E-state index contributed by atoms with van der Waals surface area (Å²) in [5, 5.41) is 0. The summed E-state index contributed by atoms with van der Waals surface area (Å²) in [4.78, 5) is 11.4. The Morgan fingerprint density at radius 2 is 1.90 bits per heavy atom. The molecule has 1 unspecified atom stereocenters. The van der Waals surface area contributed by atoms with E-state index in [1.54, 1.807) is 6.08 Å². The highest BCUT2D eigenvalue weighted by atomic mass is 79.9. The Labute approximate surface area is 126 Å². The largest absolute Gasteiger partial charge is 0.495 e. The molecule has 0 N–H and O–H groups in total. The summed E-state index contributed by atoms with van der Waals surface area (Å²) in [6.45, 7) is 0.334. The molecule has 1 aromatic rings. The Morgan fingerprint density at radius 3 is 2.50 bits per heavy atom. The van der Waals surface area contributed by atoms with Gasteiger partial charge >= 0.3 is 0 Å². The SMILES string of the molecule is COC1=CC(=O)C=CC1(OC)OCc1ccc(Br)cc1. The van der Waals surface area contributed by atoms with E-state index in [4.69, 9.17) is 14.2 Å². The van der Waals surface area contributed by atoms with Crippen LogP contribution in [-0.2, 0) is 25.6 Å². The van der Waals surface area contributed by atoms with Crippen molar-refractivity contribution in [2.75, 3.05) is 14.2 Å². The number of methoxy groups -OCH3 is 2. The standard InChI is InChI=1S/C15H15BrO4/c1-18-14-9-13(17)7-8-15(14,19-2)20-10-11-3-5-12(16)6-4-11/h3-9H,10H2,1-2H3. The van der Waals surface area contributed by atoms with Gasteiger partial charge < -0.3 is 14.2 Å². The van der Waals surface area contributed by atoms with Crippen molar-refractivity contribution in [3.05, 3.63) is 58.3 Å². The Morgan fingerprint density at radius 1 is 1.20 bits per heavy atom. The number of carbonyl (C=O) groups excluding carboxylic acids is 1. The Balaban J connectivity index is 2.15. The normalized spacial score (nSPS) is 21.8. The van der Waals surface area contributed by atoms with E-state index >= 15 is 0 Å². The fourth-order valence-corrected chi connectivity index (χ4v) is 2.14. The Bertz CT molecular complexity index is 547. The zero-order valence-corrected chi connectivity index (χ0v) is 12.8. The molecule has 0 bridgehead atoms. The van der Waals surface area contributed by atoms with Crippen molar-refractivity contribution in [1.82, 2.24) is 0 Å². The smallest absolute Gasteiger partial charge is 0.248 e. The van der Waals surface area contributed by atoms with Gasteiger partial charge in [-0.2, -0.15) is 0 Å². The predicted molar refractivity (Wildman–Crippen MR) is 77.9 cm³/mol. The zero-order chi connectivity index (χ0) is 14.6. The quantitative estimate of drug-likeness (QED) is 0.774. The number of ether oxygens (including phenoxy) is 3. The van der Waals surface area contributed by atoms with Gasteiger partial charge in [0.05, 0.1) is 13.7 Å². The molecule has 0 aromatic heterocycles. The van der Waals surface area contributed by atoms with Crippen molar-refractivity contribution in [2.45, 2.75) is 12.4 Å². The first-order chi connectivity index (χ1) is 9.59. The first-order valence-corrected chi connectivity index (χ1v) is 6.82. The molecule has 5 heteroatoms. The fourth-order valence-electron chi connectivity index (χ4n) is 1.87. The van der Waals surface area contributed by atoms with Crippen LogP contribution in [-0.4, -0.2) is 25.8 Å². The minimum Gasteiger partial charge on any atom is -0.495 e. The molecule has 0 spiro atoms. The lowest BCUT2D eigenvalue weighted by molar-refractivity contribution is -0.191. The summed E-state index contributed by atoms with van der Waals surface area (Å²) in [6.07, 6.45) is 4.34. The lowest BCUT2D eigenvalue weighted by atomic mass is 10.1. The van der Waals surface area contributed by atoms with Crippen LogP contribution in [0.5, 0.6) is 0 Å². The number of ketones is 1. The van der Waals surface area contributed by atoms with E-state index < -0.39 is 5.79 Å². The van der Waals surface area contributed by atoms with Crippen molar-refractivity contribution in [3.8, 4) is 0 Å². The average Bonchev–Trinajstić information content (AvgIpc) is 2.48.